The van der Waals surface area contributed by atoms with Crippen LogP contribution >= 0.6 is 11.6 Å². The van der Waals surface area contributed by atoms with Gasteiger partial charge in [-0.05, 0) is 43.9 Å². The highest BCUT2D eigenvalue weighted by atomic mass is 35.5. The zero-order valence-corrected chi connectivity index (χ0v) is 25.7. The minimum absolute atomic E-state index is 0.0461. The van der Waals surface area contributed by atoms with E-state index in [9.17, 15) is 37.5 Å². The molecule has 6 rings (SSSR count). The van der Waals surface area contributed by atoms with Crippen LogP contribution in [0.25, 0.3) is 0 Å². The Morgan fingerprint density at radius 3 is 2.43 bits per heavy atom. The molecule has 0 radical (unpaired) electrons. The predicted molar refractivity (Wildman–Crippen MR) is 157 cm³/mol. The molecule has 0 bridgehead atoms. The molecule has 1 aliphatic heterocycles. The van der Waals surface area contributed by atoms with E-state index < -0.39 is 64.7 Å². The zero-order chi connectivity index (χ0) is 33.4. The van der Waals surface area contributed by atoms with Crippen molar-refractivity contribution in [1.29, 1.82) is 0 Å². The molecular formula is C32H27ClF3N3O7. The second-order valence-corrected chi connectivity index (χ2v) is 11.9. The van der Waals surface area contributed by atoms with Crippen LogP contribution in [0, 0.1) is 17.8 Å². The lowest BCUT2D eigenvalue weighted by atomic mass is 9.59. The van der Waals surface area contributed by atoms with Crippen LogP contribution in [0.15, 0.2) is 58.7 Å². The maximum Gasteiger partial charge on any atom is 0.433 e. The number of aromatic nitrogens is 1. The van der Waals surface area contributed by atoms with Gasteiger partial charge in [-0.2, -0.15) is 18.2 Å². The van der Waals surface area contributed by atoms with Crippen molar-refractivity contribution < 1.29 is 46.9 Å². The number of fused-ring (bicyclic) bond motifs is 3. The molecule has 0 spiro atoms. The Bertz CT molecular complexity index is 1830. The number of methoxy groups -OCH3 is 2. The summed E-state index contributed by atoms with van der Waals surface area (Å²) in [7, 11) is 3.99. The van der Waals surface area contributed by atoms with E-state index in [0.29, 0.717) is 11.6 Å². The molecule has 2 heterocycles. The van der Waals surface area contributed by atoms with Gasteiger partial charge in [-0.1, -0.05) is 23.3 Å². The Labute approximate surface area is 265 Å². The molecule has 14 heteroatoms. The molecule has 1 aromatic carbocycles. The lowest BCUT2D eigenvalue weighted by Crippen LogP contribution is -2.46. The molecule has 1 fully saturated rings. The number of alkyl halides is 3. The molecule has 4 unspecified atom stereocenters. The van der Waals surface area contributed by atoms with E-state index in [-0.39, 0.29) is 57.4 Å². The number of phenols is 1. The second kappa shape index (κ2) is 11.0. The number of hydrogen-bond donors (Lipinski definition) is 1. The van der Waals surface area contributed by atoms with Crippen LogP contribution < -0.4 is 14.5 Å². The van der Waals surface area contributed by atoms with E-state index in [1.165, 1.54) is 46.4 Å². The Kier molecular flexibility index (Phi) is 7.50. The number of hydrazine groups is 1. The van der Waals surface area contributed by atoms with Gasteiger partial charge in [0.15, 0.2) is 17.4 Å². The number of allylic oxidation sites excluding steroid dienone is 6. The van der Waals surface area contributed by atoms with Gasteiger partial charge < -0.3 is 14.6 Å². The summed E-state index contributed by atoms with van der Waals surface area (Å²) in [4.78, 5) is 58.6. The van der Waals surface area contributed by atoms with Crippen LogP contribution in [0.1, 0.15) is 36.9 Å². The van der Waals surface area contributed by atoms with Crippen LogP contribution in [0.3, 0.4) is 0 Å². The van der Waals surface area contributed by atoms with Gasteiger partial charge in [-0.3, -0.25) is 24.2 Å². The third kappa shape index (κ3) is 4.67. The number of ketones is 2. The first-order valence-electron chi connectivity index (χ1n) is 14.2. The number of halogens is 4. The summed E-state index contributed by atoms with van der Waals surface area (Å²) in [5.74, 6) is -6.27. The summed E-state index contributed by atoms with van der Waals surface area (Å²) in [6.07, 6.45) is -1.84. The SMILES string of the molecule is COc1cc(O)c(C2C3=CCC4C(=O)N(N(C)c5nc(C(F)(F)F)ccc5Cl)C(=O)C4C3CC3=C2C(=O)C=C(C)C3=O)c(OC)c1. The minimum atomic E-state index is -4.81. The molecule has 2 aromatic rings. The number of carbonyl (C=O) groups is 4. The number of ether oxygens (including phenoxy) is 2. The summed E-state index contributed by atoms with van der Waals surface area (Å²) in [5.41, 5.74) is -0.0379. The molecule has 10 nitrogen and oxygen atoms in total. The van der Waals surface area contributed by atoms with Gasteiger partial charge in [0, 0.05) is 47.4 Å². The number of aromatic hydroxyl groups is 1. The largest absolute Gasteiger partial charge is 0.507 e. The number of phenolic OH excluding ortho intramolecular Hbond substituents is 1. The Hall–Kier alpha value is -4.65. The number of nitrogens with zero attached hydrogens (tertiary/aromatic N) is 3. The second-order valence-electron chi connectivity index (χ2n) is 11.5. The molecule has 2 amide bonds. The van der Waals surface area contributed by atoms with E-state index >= 15 is 0 Å². The van der Waals surface area contributed by atoms with Crippen LogP contribution in [0.4, 0.5) is 19.0 Å². The third-order valence-corrected chi connectivity index (χ3v) is 9.40. The Morgan fingerprint density at radius 2 is 1.78 bits per heavy atom. The van der Waals surface area contributed by atoms with Crippen molar-refractivity contribution in [2.75, 3.05) is 26.3 Å². The van der Waals surface area contributed by atoms with Crippen molar-refractivity contribution in [3.63, 3.8) is 0 Å². The minimum Gasteiger partial charge on any atom is -0.507 e. The fraction of sp³-hybridized carbons (Fsp3) is 0.344. The quantitative estimate of drug-likeness (QED) is 0.270. The number of Topliss-reactive ketones (excluding diaryl/α,β-unsaturated/α-hetero) is 1. The van der Waals surface area contributed by atoms with Crippen LogP contribution in [0.2, 0.25) is 5.02 Å². The van der Waals surface area contributed by atoms with Gasteiger partial charge in [0.25, 0.3) is 11.8 Å². The number of benzene rings is 1. The normalized spacial score (nSPS) is 24.3. The molecule has 4 aliphatic rings. The molecule has 0 saturated carbocycles. The molecule has 4 atom stereocenters. The molecule has 1 saturated heterocycles. The predicted octanol–water partition coefficient (Wildman–Crippen LogP) is 4.96. The van der Waals surface area contributed by atoms with Crippen molar-refractivity contribution in [1.82, 2.24) is 9.99 Å². The van der Waals surface area contributed by atoms with Crippen molar-refractivity contribution in [2.24, 2.45) is 17.8 Å². The topological polar surface area (TPSA) is 126 Å². The molecule has 46 heavy (non-hydrogen) atoms. The third-order valence-electron chi connectivity index (χ3n) is 9.10. The summed E-state index contributed by atoms with van der Waals surface area (Å²) >= 11 is 6.19. The van der Waals surface area contributed by atoms with E-state index in [1.54, 1.807) is 6.08 Å². The van der Waals surface area contributed by atoms with Crippen LogP contribution in [-0.2, 0) is 25.4 Å². The highest BCUT2D eigenvalue weighted by Crippen LogP contribution is 2.58. The molecular weight excluding hydrogens is 631 g/mol. The number of rotatable bonds is 5. The average Bonchev–Trinajstić information content (AvgIpc) is 3.27. The highest BCUT2D eigenvalue weighted by Gasteiger charge is 2.58. The average molecular weight is 658 g/mol. The van der Waals surface area contributed by atoms with Crippen molar-refractivity contribution in [2.45, 2.75) is 31.9 Å². The standard InChI is InChI=1S/C32H27ClF3N3O7/c1-13-9-20(40)25-18(28(13)42)12-17-15(26(25)27-21(41)10-14(45-3)11-22(27)46-4)5-6-16-24(17)31(44)39(30(16)43)38(2)29-19(33)7-8-23(37-29)32(34,35)36/h5,7-11,16-17,24,26,41H,6,12H2,1-4H3. The van der Waals surface area contributed by atoms with E-state index in [0.717, 1.165) is 16.1 Å². The number of carbonyl (C=O) groups excluding carboxylic acids is 4. The summed E-state index contributed by atoms with van der Waals surface area (Å²) in [6, 6.07) is 4.54. The number of amides is 2. The number of hydrogen-bond acceptors (Lipinski definition) is 9. The first kappa shape index (κ1) is 31.3. The van der Waals surface area contributed by atoms with Crippen molar-refractivity contribution in [3.8, 4) is 17.2 Å². The smallest absolute Gasteiger partial charge is 0.433 e. The fourth-order valence-electron chi connectivity index (χ4n) is 7.07. The number of anilines is 1. The highest BCUT2D eigenvalue weighted by molar-refractivity contribution is 6.33. The summed E-state index contributed by atoms with van der Waals surface area (Å²) in [5, 5.41) is 12.7. The van der Waals surface area contributed by atoms with Crippen LogP contribution in [-0.4, -0.2) is 59.7 Å². The lowest BCUT2D eigenvalue weighted by Gasteiger charge is -2.42. The summed E-state index contributed by atoms with van der Waals surface area (Å²) in [6.45, 7) is 1.51. The maximum absolute atomic E-state index is 14.2. The lowest BCUT2D eigenvalue weighted by molar-refractivity contribution is -0.141. The summed E-state index contributed by atoms with van der Waals surface area (Å²) < 4.78 is 51.3. The molecule has 3 aliphatic carbocycles. The van der Waals surface area contributed by atoms with Gasteiger partial charge in [0.1, 0.15) is 22.9 Å². The fourth-order valence-corrected chi connectivity index (χ4v) is 7.30. The monoisotopic (exact) mass is 657 g/mol. The van der Waals surface area contributed by atoms with Gasteiger partial charge in [-0.15, -0.1) is 0 Å². The number of pyridine rings is 1. The van der Waals surface area contributed by atoms with Crippen LogP contribution in [0.5, 0.6) is 17.2 Å². The van der Waals surface area contributed by atoms with Gasteiger partial charge in [-0.25, -0.2) is 4.98 Å². The van der Waals surface area contributed by atoms with E-state index in [4.69, 9.17) is 21.1 Å². The Morgan fingerprint density at radius 1 is 1.07 bits per heavy atom. The first-order chi connectivity index (χ1) is 21.7. The van der Waals surface area contributed by atoms with Gasteiger partial charge in [0.2, 0.25) is 0 Å². The van der Waals surface area contributed by atoms with E-state index in [2.05, 4.69) is 4.98 Å². The molecule has 1 aromatic heterocycles. The molecule has 240 valence electrons. The first-order valence-corrected chi connectivity index (χ1v) is 14.6. The zero-order valence-electron chi connectivity index (χ0n) is 24.9. The van der Waals surface area contributed by atoms with Crippen molar-refractivity contribution in [3.05, 3.63) is 75.0 Å². The van der Waals surface area contributed by atoms with Gasteiger partial charge in [0.05, 0.1) is 31.1 Å². The molecule has 1 N–H and O–H groups in total. The Balaban J connectivity index is 1.47. The number of imide groups is 1. The van der Waals surface area contributed by atoms with Gasteiger partial charge >= 0.3 is 6.18 Å². The van der Waals surface area contributed by atoms with Crippen molar-refractivity contribution >= 4 is 40.8 Å². The van der Waals surface area contributed by atoms with E-state index in [1.807, 2.05) is 0 Å². The maximum atomic E-state index is 14.2.